The second kappa shape index (κ2) is 4.67. The van der Waals surface area contributed by atoms with Crippen molar-refractivity contribution in [2.24, 2.45) is 12.9 Å². The third-order valence-corrected chi connectivity index (χ3v) is 2.27. The molecule has 0 bridgehead atoms. The maximum atomic E-state index is 11.8. The lowest BCUT2D eigenvalue weighted by Crippen LogP contribution is -2.13. The zero-order valence-corrected chi connectivity index (χ0v) is 9.34. The first-order valence-electron chi connectivity index (χ1n) is 5.07. The summed E-state index contributed by atoms with van der Waals surface area (Å²) in [6.45, 7) is 0. The van der Waals surface area contributed by atoms with Crippen LogP contribution in [0.2, 0.25) is 0 Å². The Morgan fingerprint density at radius 1 is 1.29 bits per heavy atom. The summed E-state index contributed by atoms with van der Waals surface area (Å²) in [6, 6.07) is 8.56. The normalized spacial score (nSPS) is 10.0. The van der Waals surface area contributed by atoms with Gasteiger partial charge in [0.15, 0.2) is 5.82 Å². The fourth-order valence-electron chi connectivity index (χ4n) is 1.39. The molecule has 1 aromatic carbocycles. The molecule has 1 heterocycles. The van der Waals surface area contributed by atoms with Gasteiger partial charge in [-0.2, -0.15) is 5.10 Å². The number of rotatable bonds is 3. The van der Waals surface area contributed by atoms with E-state index >= 15 is 0 Å². The maximum absolute atomic E-state index is 11.8. The Kier molecular flexibility index (Phi) is 3.06. The van der Waals surface area contributed by atoms with Crippen molar-refractivity contribution >= 4 is 17.4 Å². The monoisotopic (exact) mass is 231 g/mol. The molecular weight excluding hydrogens is 218 g/mol. The number of nitrogens with one attached hydrogen (secondary N) is 2. The Labute approximate surface area is 98.4 Å². The van der Waals surface area contributed by atoms with Gasteiger partial charge in [-0.1, -0.05) is 0 Å². The van der Waals surface area contributed by atoms with Crippen molar-refractivity contribution in [3.63, 3.8) is 0 Å². The topological polar surface area (TPSA) is 85.0 Å². The minimum atomic E-state index is -0.202. The number of amides is 1. The summed E-state index contributed by atoms with van der Waals surface area (Å²) in [5.41, 5.74) is 3.80. The summed E-state index contributed by atoms with van der Waals surface area (Å²) in [5, 5.41) is 6.76. The second-order valence-electron chi connectivity index (χ2n) is 3.55. The molecule has 1 aromatic heterocycles. The highest BCUT2D eigenvalue weighted by molar-refractivity contribution is 6.03. The van der Waals surface area contributed by atoms with Crippen LogP contribution in [0, 0.1) is 0 Å². The van der Waals surface area contributed by atoms with E-state index in [9.17, 15) is 4.79 Å². The van der Waals surface area contributed by atoms with Crippen LogP contribution in [0.5, 0.6) is 0 Å². The van der Waals surface area contributed by atoms with E-state index in [0.29, 0.717) is 11.4 Å². The molecule has 0 fully saturated rings. The lowest BCUT2D eigenvalue weighted by Gasteiger charge is -2.03. The number of carbonyl (C=O) groups excluding carboxylic acids is 1. The van der Waals surface area contributed by atoms with Gasteiger partial charge in [0.25, 0.3) is 5.91 Å². The molecule has 6 heteroatoms. The van der Waals surface area contributed by atoms with E-state index in [1.807, 2.05) is 0 Å². The molecule has 0 atom stereocenters. The Morgan fingerprint density at radius 2 is 2.00 bits per heavy atom. The average Bonchev–Trinajstić information content (AvgIpc) is 2.75. The molecule has 88 valence electrons. The molecule has 17 heavy (non-hydrogen) atoms. The molecule has 0 radical (unpaired) electrons. The molecule has 2 rings (SSSR count). The summed E-state index contributed by atoms with van der Waals surface area (Å²) in [6.07, 6.45) is 1.76. The first-order chi connectivity index (χ1) is 8.19. The molecule has 2 aromatic rings. The number of nitrogens with two attached hydrogens (primary N) is 1. The van der Waals surface area contributed by atoms with E-state index in [0.717, 1.165) is 5.69 Å². The fraction of sp³-hybridized carbons (Fsp3) is 0.0909. The van der Waals surface area contributed by atoms with Gasteiger partial charge in [-0.15, -0.1) is 0 Å². The molecule has 6 nitrogen and oxygen atoms in total. The first-order valence-corrected chi connectivity index (χ1v) is 5.07. The Morgan fingerprint density at radius 3 is 2.53 bits per heavy atom. The molecule has 0 saturated heterocycles. The summed E-state index contributed by atoms with van der Waals surface area (Å²) in [5.74, 6) is 5.56. The highest BCUT2D eigenvalue weighted by Crippen LogP contribution is 2.10. The molecule has 0 aliphatic carbocycles. The highest BCUT2D eigenvalue weighted by Gasteiger charge is 2.07. The van der Waals surface area contributed by atoms with Gasteiger partial charge >= 0.3 is 0 Å². The van der Waals surface area contributed by atoms with E-state index < -0.39 is 0 Å². The number of hydrogen-bond acceptors (Lipinski definition) is 4. The van der Waals surface area contributed by atoms with E-state index in [1.54, 1.807) is 48.3 Å². The SMILES string of the molecule is Cn1ccc(NC(=O)c2ccc(NN)cc2)n1. The molecule has 0 spiro atoms. The third kappa shape index (κ3) is 2.61. The van der Waals surface area contributed by atoms with Gasteiger partial charge in [0.2, 0.25) is 0 Å². The van der Waals surface area contributed by atoms with Crippen LogP contribution >= 0.6 is 0 Å². The van der Waals surface area contributed by atoms with E-state index in [4.69, 9.17) is 5.84 Å². The lowest BCUT2D eigenvalue weighted by molar-refractivity contribution is 0.102. The van der Waals surface area contributed by atoms with Crippen molar-refractivity contribution in [1.82, 2.24) is 9.78 Å². The summed E-state index contributed by atoms with van der Waals surface area (Å²) >= 11 is 0. The Bertz CT molecular complexity index is 517. The number of anilines is 2. The summed E-state index contributed by atoms with van der Waals surface area (Å²) < 4.78 is 1.62. The number of nitrogens with zero attached hydrogens (tertiary/aromatic N) is 2. The van der Waals surface area contributed by atoms with Crippen LogP contribution in [0.25, 0.3) is 0 Å². The average molecular weight is 231 g/mol. The van der Waals surface area contributed by atoms with Crippen LogP contribution in [0.3, 0.4) is 0 Å². The minimum Gasteiger partial charge on any atom is -0.324 e. The van der Waals surface area contributed by atoms with Crippen LogP contribution in [0.1, 0.15) is 10.4 Å². The van der Waals surface area contributed by atoms with Crippen LogP contribution in [-0.4, -0.2) is 15.7 Å². The first kappa shape index (κ1) is 11.2. The van der Waals surface area contributed by atoms with Crippen molar-refractivity contribution in [1.29, 1.82) is 0 Å². The predicted molar refractivity (Wildman–Crippen MR) is 65.4 cm³/mol. The molecule has 0 unspecified atom stereocenters. The third-order valence-electron chi connectivity index (χ3n) is 2.27. The van der Waals surface area contributed by atoms with E-state index in [-0.39, 0.29) is 5.91 Å². The molecule has 1 amide bonds. The molecular formula is C11H13N5O. The largest absolute Gasteiger partial charge is 0.324 e. The van der Waals surface area contributed by atoms with Gasteiger partial charge in [-0.05, 0) is 24.3 Å². The molecule has 0 aliphatic heterocycles. The lowest BCUT2D eigenvalue weighted by atomic mass is 10.2. The zero-order valence-electron chi connectivity index (χ0n) is 9.34. The predicted octanol–water partition coefficient (Wildman–Crippen LogP) is 0.958. The molecule has 0 aliphatic rings. The second-order valence-corrected chi connectivity index (χ2v) is 3.55. The van der Waals surface area contributed by atoms with Crippen molar-refractivity contribution in [3.05, 3.63) is 42.1 Å². The van der Waals surface area contributed by atoms with Gasteiger partial charge < -0.3 is 10.7 Å². The van der Waals surface area contributed by atoms with E-state index in [2.05, 4.69) is 15.8 Å². The van der Waals surface area contributed by atoms with Gasteiger partial charge in [-0.25, -0.2) is 0 Å². The number of nitrogen functional groups attached to an aromatic ring is 1. The number of carbonyl (C=O) groups is 1. The Balaban J connectivity index is 2.09. The standard InChI is InChI=1S/C11H13N5O/c1-16-7-6-10(15-16)13-11(17)8-2-4-9(14-12)5-3-8/h2-7,14H,12H2,1H3,(H,13,15,17). The van der Waals surface area contributed by atoms with Gasteiger partial charge in [0, 0.05) is 30.6 Å². The van der Waals surface area contributed by atoms with Crippen molar-refractivity contribution < 1.29 is 4.79 Å². The number of benzene rings is 1. The number of aryl methyl sites for hydroxylation is 1. The summed E-state index contributed by atoms with van der Waals surface area (Å²) in [4.78, 5) is 11.8. The quantitative estimate of drug-likeness (QED) is 0.542. The van der Waals surface area contributed by atoms with Gasteiger partial charge in [0.05, 0.1) is 0 Å². The minimum absolute atomic E-state index is 0.202. The number of aromatic nitrogens is 2. The van der Waals surface area contributed by atoms with Crippen molar-refractivity contribution in [2.45, 2.75) is 0 Å². The summed E-state index contributed by atoms with van der Waals surface area (Å²) in [7, 11) is 1.79. The zero-order chi connectivity index (χ0) is 12.3. The van der Waals surface area contributed by atoms with Gasteiger partial charge in [0.1, 0.15) is 0 Å². The van der Waals surface area contributed by atoms with Gasteiger partial charge in [-0.3, -0.25) is 15.3 Å². The van der Waals surface area contributed by atoms with Crippen molar-refractivity contribution in [2.75, 3.05) is 10.7 Å². The van der Waals surface area contributed by atoms with Crippen molar-refractivity contribution in [3.8, 4) is 0 Å². The highest BCUT2D eigenvalue weighted by atomic mass is 16.1. The smallest absolute Gasteiger partial charge is 0.256 e. The fourth-order valence-corrected chi connectivity index (χ4v) is 1.39. The number of hydrazine groups is 1. The Hall–Kier alpha value is -2.34. The maximum Gasteiger partial charge on any atom is 0.256 e. The van der Waals surface area contributed by atoms with Crippen LogP contribution in [0.15, 0.2) is 36.5 Å². The van der Waals surface area contributed by atoms with Crippen LogP contribution < -0.4 is 16.6 Å². The molecule has 0 saturated carbocycles. The van der Waals surface area contributed by atoms with Crippen LogP contribution in [-0.2, 0) is 7.05 Å². The number of hydrogen-bond donors (Lipinski definition) is 3. The molecule has 4 N–H and O–H groups in total. The van der Waals surface area contributed by atoms with E-state index in [1.165, 1.54) is 0 Å². The van der Waals surface area contributed by atoms with Crippen LogP contribution in [0.4, 0.5) is 11.5 Å².